The molecule has 5 nitrogen and oxygen atoms in total. The zero-order valence-corrected chi connectivity index (χ0v) is 14.2. The van der Waals surface area contributed by atoms with Gasteiger partial charge in [-0.25, -0.2) is 19.9 Å². The van der Waals surface area contributed by atoms with Crippen LogP contribution in [0.15, 0.2) is 52.6 Å². The summed E-state index contributed by atoms with van der Waals surface area (Å²) in [6.45, 7) is 0. The second kappa shape index (κ2) is 5.75. The van der Waals surface area contributed by atoms with Crippen LogP contribution in [0.2, 0.25) is 0 Å². The maximum Gasteiger partial charge on any atom is 0.226 e. The third-order valence-corrected chi connectivity index (χ3v) is 5.48. The summed E-state index contributed by atoms with van der Waals surface area (Å²) in [7, 11) is 3.89. The van der Waals surface area contributed by atoms with Crippen molar-refractivity contribution in [1.29, 1.82) is 0 Å². The Bertz CT molecular complexity index is 982. The molecule has 23 heavy (non-hydrogen) atoms. The molecule has 0 aliphatic rings. The van der Waals surface area contributed by atoms with Crippen LogP contribution in [0.5, 0.6) is 0 Å². The third-order valence-electron chi connectivity index (χ3n) is 3.27. The SMILES string of the molecule is CN(C)c1nc(Sc2ccccc2)c2sc3nccnc3c2n1. The molecule has 0 saturated heterocycles. The van der Waals surface area contributed by atoms with E-state index in [4.69, 9.17) is 4.98 Å². The van der Waals surface area contributed by atoms with Crippen LogP contribution in [-0.2, 0) is 0 Å². The Balaban J connectivity index is 1.97. The van der Waals surface area contributed by atoms with Gasteiger partial charge in [0.25, 0.3) is 0 Å². The maximum absolute atomic E-state index is 4.72. The van der Waals surface area contributed by atoms with Gasteiger partial charge in [-0.15, -0.1) is 11.3 Å². The lowest BCUT2D eigenvalue weighted by atomic mass is 10.4. The van der Waals surface area contributed by atoms with Crippen LogP contribution < -0.4 is 4.90 Å². The van der Waals surface area contributed by atoms with Gasteiger partial charge in [0.2, 0.25) is 5.95 Å². The average Bonchev–Trinajstić information content (AvgIpc) is 2.95. The molecule has 0 aliphatic carbocycles. The molecule has 0 bridgehead atoms. The van der Waals surface area contributed by atoms with Crippen molar-refractivity contribution in [2.45, 2.75) is 9.92 Å². The molecule has 0 atom stereocenters. The second-order valence-electron chi connectivity index (χ2n) is 5.13. The highest BCUT2D eigenvalue weighted by molar-refractivity contribution is 7.99. The van der Waals surface area contributed by atoms with E-state index >= 15 is 0 Å². The number of benzene rings is 1. The summed E-state index contributed by atoms with van der Waals surface area (Å²) in [6.07, 6.45) is 3.41. The number of hydrogen-bond donors (Lipinski definition) is 0. The minimum Gasteiger partial charge on any atom is -0.347 e. The number of nitrogens with zero attached hydrogens (tertiary/aromatic N) is 5. The standard InChI is InChI=1S/C16H13N5S2/c1-21(2)16-19-11-12-14(18-9-8-17-12)23-13(11)15(20-16)22-10-6-4-3-5-7-10/h3-9H,1-2H3. The molecule has 4 rings (SSSR count). The fourth-order valence-electron chi connectivity index (χ4n) is 2.20. The zero-order valence-electron chi connectivity index (χ0n) is 12.6. The summed E-state index contributed by atoms with van der Waals surface area (Å²) in [5.74, 6) is 0.682. The van der Waals surface area contributed by atoms with Crippen LogP contribution in [-0.4, -0.2) is 34.0 Å². The van der Waals surface area contributed by atoms with Crippen molar-refractivity contribution in [3.05, 3.63) is 42.7 Å². The van der Waals surface area contributed by atoms with Crippen LogP contribution in [0.3, 0.4) is 0 Å². The molecule has 7 heteroatoms. The van der Waals surface area contributed by atoms with Gasteiger partial charge in [0.05, 0.1) is 4.70 Å². The molecular weight excluding hydrogens is 326 g/mol. The molecule has 3 heterocycles. The number of rotatable bonds is 3. The van der Waals surface area contributed by atoms with Crippen LogP contribution in [0, 0.1) is 0 Å². The first-order chi connectivity index (χ1) is 11.2. The van der Waals surface area contributed by atoms with Gasteiger partial charge in [-0.3, -0.25) is 0 Å². The van der Waals surface area contributed by atoms with Gasteiger partial charge < -0.3 is 4.90 Å². The van der Waals surface area contributed by atoms with E-state index in [0.29, 0.717) is 5.95 Å². The van der Waals surface area contributed by atoms with Crippen LogP contribution >= 0.6 is 23.1 Å². The van der Waals surface area contributed by atoms with Crippen molar-refractivity contribution in [3.63, 3.8) is 0 Å². The molecule has 0 spiro atoms. The fourth-order valence-corrected chi connectivity index (χ4v) is 4.21. The van der Waals surface area contributed by atoms with Gasteiger partial charge in [-0.05, 0) is 12.1 Å². The minimum absolute atomic E-state index is 0.682. The predicted molar refractivity (Wildman–Crippen MR) is 95.4 cm³/mol. The highest BCUT2D eigenvalue weighted by Crippen LogP contribution is 2.39. The van der Waals surface area contributed by atoms with Crippen LogP contribution in [0.25, 0.3) is 20.6 Å². The number of fused-ring (bicyclic) bond motifs is 3. The summed E-state index contributed by atoms with van der Waals surface area (Å²) < 4.78 is 1.03. The Morgan fingerprint density at radius 3 is 2.52 bits per heavy atom. The lowest BCUT2D eigenvalue weighted by Crippen LogP contribution is -2.12. The average molecular weight is 339 g/mol. The molecule has 0 N–H and O–H groups in total. The first kappa shape index (κ1) is 14.3. The Morgan fingerprint density at radius 2 is 1.74 bits per heavy atom. The van der Waals surface area contributed by atoms with Crippen molar-refractivity contribution in [1.82, 2.24) is 19.9 Å². The quantitative estimate of drug-likeness (QED) is 0.528. The molecule has 0 aliphatic heterocycles. The Hall–Kier alpha value is -2.25. The molecule has 0 unspecified atom stereocenters. The molecule has 0 saturated carbocycles. The van der Waals surface area contributed by atoms with Crippen molar-refractivity contribution < 1.29 is 0 Å². The van der Waals surface area contributed by atoms with E-state index in [1.165, 1.54) is 0 Å². The molecule has 0 amide bonds. The minimum atomic E-state index is 0.682. The molecule has 114 valence electrons. The summed E-state index contributed by atoms with van der Waals surface area (Å²) in [5, 5.41) is 0.940. The number of anilines is 1. The first-order valence-electron chi connectivity index (χ1n) is 7.04. The largest absolute Gasteiger partial charge is 0.347 e. The zero-order chi connectivity index (χ0) is 15.8. The van der Waals surface area contributed by atoms with Gasteiger partial charge in [0.1, 0.15) is 20.9 Å². The lowest BCUT2D eigenvalue weighted by molar-refractivity contribution is 0.980. The summed E-state index contributed by atoms with van der Waals surface area (Å²) >= 11 is 3.23. The van der Waals surface area contributed by atoms with Gasteiger partial charge >= 0.3 is 0 Å². The second-order valence-corrected chi connectivity index (χ2v) is 7.19. The normalized spacial score (nSPS) is 11.2. The number of hydrogen-bond acceptors (Lipinski definition) is 7. The van der Waals surface area contributed by atoms with E-state index < -0.39 is 0 Å². The topological polar surface area (TPSA) is 54.8 Å². The fraction of sp³-hybridized carbons (Fsp3) is 0.125. The van der Waals surface area contributed by atoms with E-state index in [0.717, 1.165) is 30.5 Å². The van der Waals surface area contributed by atoms with Gasteiger partial charge in [0.15, 0.2) is 0 Å². The Morgan fingerprint density at radius 1 is 0.957 bits per heavy atom. The predicted octanol–water partition coefficient (Wildman–Crippen LogP) is 3.85. The first-order valence-corrected chi connectivity index (χ1v) is 8.67. The lowest BCUT2D eigenvalue weighted by Gasteiger charge is -2.11. The van der Waals surface area contributed by atoms with Crippen LogP contribution in [0.4, 0.5) is 5.95 Å². The third kappa shape index (κ3) is 2.62. The van der Waals surface area contributed by atoms with E-state index in [1.807, 2.05) is 37.2 Å². The summed E-state index contributed by atoms with van der Waals surface area (Å²) in [5.41, 5.74) is 1.71. The number of thiophene rings is 1. The molecule has 3 aromatic heterocycles. The van der Waals surface area contributed by atoms with Crippen molar-refractivity contribution in [3.8, 4) is 0 Å². The van der Waals surface area contributed by atoms with E-state index in [9.17, 15) is 0 Å². The van der Waals surface area contributed by atoms with Gasteiger partial charge in [-0.2, -0.15) is 0 Å². The van der Waals surface area contributed by atoms with E-state index in [1.54, 1.807) is 35.5 Å². The van der Waals surface area contributed by atoms with Crippen molar-refractivity contribution in [2.75, 3.05) is 19.0 Å². The maximum atomic E-state index is 4.72. The van der Waals surface area contributed by atoms with Gasteiger partial charge in [-0.1, -0.05) is 30.0 Å². The highest BCUT2D eigenvalue weighted by Gasteiger charge is 2.17. The summed E-state index contributed by atoms with van der Waals surface area (Å²) in [4.78, 5) is 22.2. The summed E-state index contributed by atoms with van der Waals surface area (Å²) in [6, 6.07) is 10.2. The van der Waals surface area contributed by atoms with E-state index in [2.05, 4.69) is 27.1 Å². The van der Waals surface area contributed by atoms with Gasteiger partial charge in [0, 0.05) is 31.4 Å². The van der Waals surface area contributed by atoms with Crippen molar-refractivity contribution >= 4 is 49.6 Å². The Kier molecular flexibility index (Phi) is 3.59. The highest BCUT2D eigenvalue weighted by atomic mass is 32.2. The molecule has 0 radical (unpaired) electrons. The molecular formula is C16H13N5S2. The van der Waals surface area contributed by atoms with Crippen LogP contribution in [0.1, 0.15) is 0 Å². The molecule has 1 aromatic carbocycles. The Labute approximate surface area is 141 Å². The smallest absolute Gasteiger partial charge is 0.226 e. The molecule has 4 aromatic rings. The molecule has 0 fully saturated rings. The number of aromatic nitrogens is 4. The van der Waals surface area contributed by atoms with E-state index in [-0.39, 0.29) is 0 Å². The van der Waals surface area contributed by atoms with Crippen molar-refractivity contribution in [2.24, 2.45) is 0 Å². The monoisotopic (exact) mass is 339 g/mol.